The molecule has 1 atom stereocenters. The average Bonchev–Trinajstić information content (AvgIpc) is 2.69. The molecule has 1 aromatic carbocycles. The number of carbonyl (C=O) groups excluding carboxylic acids is 1. The van der Waals surface area contributed by atoms with Crippen molar-refractivity contribution >= 4 is 40.7 Å². The Bertz CT molecular complexity index is 450. The van der Waals surface area contributed by atoms with Gasteiger partial charge in [-0.15, -0.1) is 11.6 Å². The lowest BCUT2D eigenvalue weighted by Gasteiger charge is -2.16. The molecular formula is C13H14Cl3NO. The molecule has 2 rings (SSSR count). The summed E-state index contributed by atoms with van der Waals surface area (Å²) in [7, 11) is 0. The Balaban J connectivity index is 1.94. The third-order valence-corrected chi connectivity index (χ3v) is 4.20. The van der Waals surface area contributed by atoms with Gasteiger partial charge < -0.3 is 4.90 Å². The molecule has 5 heteroatoms. The van der Waals surface area contributed by atoms with E-state index in [1.165, 1.54) is 0 Å². The lowest BCUT2D eigenvalue weighted by Crippen LogP contribution is -2.27. The highest BCUT2D eigenvalue weighted by Gasteiger charge is 2.28. The van der Waals surface area contributed by atoms with E-state index in [1.807, 2.05) is 17.0 Å². The van der Waals surface area contributed by atoms with Crippen LogP contribution in [0.25, 0.3) is 0 Å². The van der Waals surface area contributed by atoms with E-state index < -0.39 is 0 Å². The number of hydrogen-bond donors (Lipinski definition) is 0. The molecule has 1 fully saturated rings. The highest BCUT2D eigenvalue weighted by atomic mass is 35.5. The van der Waals surface area contributed by atoms with E-state index in [0.717, 1.165) is 18.5 Å². The topological polar surface area (TPSA) is 20.3 Å². The highest BCUT2D eigenvalue weighted by molar-refractivity contribution is 6.35. The summed E-state index contributed by atoms with van der Waals surface area (Å²) in [5, 5.41) is 1.28. The van der Waals surface area contributed by atoms with Crippen molar-refractivity contribution in [1.29, 1.82) is 0 Å². The molecule has 0 N–H and O–H groups in total. The molecule has 1 aliphatic rings. The molecule has 1 unspecified atom stereocenters. The minimum Gasteiger partial charge on any atom is -0.342 e. The maximum atomic E-state index is 11.7. The predicted octanol–water partition coefficient (Wildman–Crippen LogP) is 3.62. The van der Waals surface area contributed by atoms with Gasteiger partial charge in [-0.1, -0.05) is 29.3 Å². The second kappa shape index (κ2) is 6.14. The quantitative estimate of drug-likeness (QED) is 0.778. The maximum absolute atomic E-state index is 11.7. The second-order valence-corrected chi connectivity index (χ2v) is 5.70. The molecule has 0 aromatic heterocycles. The van der Waals surface area contributed by atoms with Crippen LogP contribution < -0.4 is 0 Å². The van der Waals surface area contributed by atoms with Crippen LogP contribution in [-0.2, 0) is 11.2 Å². The summed E-state index contributed by atoms with van der Waals surface area (Å²) in [6, 6.07) is 5.45. The molecule has 1 heterocycles. The summed E-state index contributed by atoms with van der Waals surface area (Å²) in [5.74, 6) is 1.02. The van der Waals surface area contributed by atoms with Gasteiger partial charge in [-0.3, -0.25) is 4.79 Å². The van der Waals surface area contributed by atoms with Crippen LogP contribution in [0.1, 0.15) is 12.0 Å². The van der Waals surface area contributed by atoms with Gasteiger partial charge in [-0.2, -0.15) is 0 Å². The van der Waals surface area contributed by atoms with Crippen molar-refractivity contribution in [3.63, 3.8) is 0 Å². The third kappa shape index (κ3) is 3.31. The highest BCUT2D eigenvalue weighted by Crippen LogP contribution is 2.23. The Morgan fingerprint density at radius 1 is 1.33 bits per heavy atom. The van der Waals surface area contributed by atoms with Crippen molar-refractivity contribution in [1.82, 2.24) is 4.90 Å². The zero-order valence-electron chi connectivity index (χ0n) is 9.83. The zero-order valence-corrected chi connectivity index (χ0v) is 12.1. The van der Waals surface area contributed by atoms with Crippen LogP contribution >= 0.6 is 34.8 Å². The first-order valence-corrected chi connectivity index (χ1v) is 7.17. The van der Waals surface area contributed by atoms with Crippen LogP contribution in [0.4, 0.5) is 0 Å². The summed E-state index contributed by atoms with van der Waals surface area (Å²) in [6.45, 7) is 1.45. The molecule has 1 aliphatic heterocycles. The maximum Gasteiger partial charge on any atom is 0.222 e. The number of carbonyl (C=O) groups is 1. The molecule has 1 aromatic rings. The standard InChI is InChI=1S/C13H14Cl3NO/c14-7-9-5-13(18)17(8-9)4-3-10-1-2-11(15)6-12(10)16/h1-2,6,9H,3-5,7-8H2. The number of alkyl halides is 1. The largest absolute Gasteiger partial charge is 0.342 e. The van der Waals surface area contributed by atoms with E-state index in [1.54, 1.807) is 6.07 Å². The number of likely N-dealkylation sites (tertiary alicyclic amines) is 1. The van der Waals surface area contributed by atoms with Gasteiger partial charge in [0.2, 0.25) is 5.91 Å². The zero-order chi connectivity index (χ0) is 13.1. The number of amides is 1. The normalized spacial score (nSPS) is 19.6. The number of rotatable bonds is 4. The summed E-state index contributed by atoms with van der Waals surface area (Å²) >= 11 is 17.7. The van der Waals surface area contributed by atoms with E-state index in [4.69, 9.17) is 34.8 Å². The van der Waals surface area contributed by atoms with Gasteiger partial charge in [0, 0.05) is 35.4 Å². The summed E-state index contributed by atoms with van der Waals surface area (Å²) in [5.41, 5.74) is 1.02. The van der Waals surface area contributed by atoms with Crippen molar-refractivity contribution in [2.75, 3.05) is 19.0 Å². The number of benzene rings is 1. The van der Waals surface area contributed by atoms with Gasteiger partial charge in [-0.25, -0.2) is 0 Å². The Hall–Kier alpha value is -0.440. The summed E-state index contributed by atoms with van der Waals surface area (Å²) in [6.07, 6.45) is 1.31. The van der Waals surface area contributed by atoms with Crippen molar-refractivity contribution in [3.05, 3.63) is 33.8 Å². The fraction of sp³-hybridized carbons (Fsp3) is 0.462. The van der Waals surface area contributed by atoms with E-state index in [9.17, 15) is 4.79 Å². The predicted molar refractivity (Wildman–Crippen MR) is 75.6 cm³/mol. The molecule has 0 spiro atoms. The molecule has 1 amide bonds. The molecule has 0 aliphatic carbocycles. The Morgan fingerprint density at radius 2 is 2.11 bits per heavy atom. The molecule has 0 bridgehead atoms. The Kier molecular flexibility index (Phi) is 4.77. The summed E-state index contributed by atoms with van der Waals surface area (Å²) < 4.78 is 0. The SMILES string of the molecule is O=C1CC(CCl)CN1CCc1ccc(Cl)cc1Cl. The second-order valence-electron chi connectivity index (χ2n) is 4.55. The fourth-order valence-corrected chi connectivity index (χ4v) is 2.86. The number of nitrogens with zero attached hydrogens (tertiary/aromatic N) is 1. The van der Waals surface area contributed by atoms with Crippen molar-refractivity contribution < 1.29 is 4.79 Å². The molecule has 18 heavy (non-hydrogen) atoms. The molecule has 98 valence electrons. The van der Waals surface area contributed by atoms with Crippen LogP contribution in [0.3, 0.4) is 0 Å². The van der Waals surface area contributed by atoms with Crippen molar-refractivity contribution in [2.45, 2.75) is 12.8 Å². The minimum absolute atomic E-state index is 0.186. The minimum atomic E-state index is 0.186. The number of hydrogen-bond acceptors (Lipinski definition) is 1. The van der Waals surface area contributed by atoms with E-state index in [2.05, 4.69) is 0 Å². The molecular weight excluding hydrogens is 293 g/mol. The van der Waals surface area contributed by atoms with Gasteiger partial charge in [-0.05, 0) is 30.0 Å². The van der Waals surface area contributed by atoms with Gasteiger partial charge in [0.15, 0.2) is 0 Å². The first kappa shape index (κ1) is 14.0. The van der Waals surface area contributed by atoms with Gasteiger partial charge in [0.05, 0.1) is 0 Å². The molecule has 0 saturated carbocycles. The Morgan fingerprint density at radius 3 is 2.72 bits per heavy atom. The van der Waals surface area contributed by atoms with Gasteiger partial charge >= 0.3 is 0 Å². The first-order chi connectivity index (χ1) is 8.60. The summed E-state index contributed by atoms with van der Waals surface area (Å²) in [4.78, 5) is 13.6. The van der Waals surface area contributed by atoms with Crippen LogP contribution in [-0.4, -0.2) is 29.8 Å². The third-order valence-electron chi connectivity index (χ3n) is 3.18. The molecule has 1 saturated heterocycles. The Labute approximate surface area is 122 Å². The van der Waals surface area contributed by atoms with E-state index in [0.29, 0.717) is 34.8 Å². The van der Waals surface area contributed by atoms with Crippen molar-refractivity contribution in [3.8, 4) is 0 Å². The molecule has 0 radical (unpaired) electrons. The van der Waals surface area contributed by atoms with Crippen molar-refractivity contribution in [2.24, 2.45) is 5.92 Å². The smallest absolute Gasteiger partial charge is 0.222 e. The lowest BCUT2D eigenvalue weighted by atomic mass is 10.1. The van der Waals surface area contributed by atoms with Crippen LogP contribution in [0.2, 0.25) is 10.0 Å². The fourth-order valence-electron chi connectivity index (χ4n) is 2.15. The van der Waals surface area contributed by atoms with Crippen LogP contribution in [0.5, 0.6) is 0 Å². The van der Waals surface area contributed by atoms with Crippen LogP contribution in [0.15, 0.2) is 18.2 Å². The number of halogens is 3. The van der Waals surface area contributed by atoms with Gasteiger partial charge in [0.1, 0.15) is 0 Å². The average molecular weight is 307 g/mol. The molecule has 2 nitrogen and oxygen atoms in total. The monoisotopic (exact) mass is 305 g/mol. The van der Waals surface area contributed by atoms with E-state index >= 15 is 0 Å². The van der Waals surface area contributed by atoms with E-state index in [-0.39, 0.29) is 5.91 Å². The van der Waals surface area contributed by atoms with Crippen LogP contribution in [0, 0.1) is 5.92 Å². The lowest BCUT2D eigenvalue weighted by molar-refractivity contribution is -0.127. The first-order valence-electron chi connectivity index (χ1n) is 5.88. The van der Waals surface area contributed by atoms with Gasteiger partial charge in [0.25, 0.3) is 0 Å².